The van der Waals surface area contributed by atoms with Gasteiger partial charge in [-0.15, -0.1) is 0 Å². The first-order valence-electron chi connectivity index (χ1n) is 7.10. The lowest BCUT2D eigenvalue weighted by Gasteiger charge is -2.10. The Morgan fingerprint density at radius 1 is 1.29 bits per heavy atom. The lowest BCUT2D eigenvalue weighted by Crippen LogP contribution is -2.25. The van der Waals surface area contributed by atoms with Crippen LogP contribution in [0.5, 0.6) is 0 Å². The molecule has 0 radical (unpaired) electrons. The van der Waals surface area contributed by atoms with Gasteiger partial charge in [-0.25, -0.2) is 4.68 Å². The number of rotatable bonds is 7. The molecule has 0 fully saturated rings. The second-order valence-corrected chi connectivity index (χ2v) is 5.75. The SMILES string of the molecule is CCCCn1ncc(NCCn2cc(C)cn2)c(Br)c1=O. The highest BCUT2D eigenvalue weighted by Gasteiger charge is 2.08. The molecule has 2 heterocycles. The van der Waals surface area contributed by atoms with Crippen molar-refractivity contribution in [1.29, 1.82) is 0 Å². The molecule has 0 bridgehead atoms. The van der Waals surface area contributed by atoms with Crippen LogP contribution in [0.2, 0.25) is 0 Å². The minimum absolute atomic E-state index is 0.0941. The molecule has 0 amide bonds. The van der Waals surface area contributed by atoms with Crippen LogP contribution in [-0.4, -0.2) is 26.1 Å². The molecular weight excluding hydrogens is 334 g/mol. The zero-order valence-corrected chi connectivity index (χ0v) is 13.9. The predicted molar refractivity (Wildman–Crippen MR) is 86.6 cm³/mol. The summed E-state index contributed by atoms with van der Waals surface area (Å²) in [6, 6.07) is 0. The Kier molecular flexibility index (Phi) is 5.55. The maximum absolute atomic E-state index is 12.1. The Balaban J connectivity index is 1.97. The van der Waals surface area contributed by atoms with Crippen molar-refractivity contribution in [2.75, 3.05) is 11.9 Å². The number of unbranched alkanes of at least 4 members (excludes halogenated alkanes) is 1. The van der Waals surface area contributed by atoms with Crippen LogP contribution >= 0.6 is 15.9 Å². The van der Waals surface area contributed by atoms with E-state index in [0.717, 1.165) is 30.6 Å². The van der Waals surface area contributed by atoms with Crippen LogP contribution in [0.3, 0.4) is 0 Å². The van der Waals surface area contributed by atoms with Crippen molar-refractivity contribution in [3.05, 3.63) is 39.0 Å². The maximum atomic E-state index is 12.1. The van der Waals surface area contributed by atoms with Gasteiger partial charge in [-0.3, -0.25) is 9.48 Å². The average Bonchev–Trinajstić information content (AvgIpc) is 2.88. The number of aromatic nitrogens is 4. The first kappa shape index (κ1) is 15.8. The van der Waals surface area contributed by atoms with Crippen molar-refractivity contribution in [3.63, 3.8) is 0 Å². The molecule has 0 aliphatic heterocycles. The highest BCUT2D eigenvalue weighted by Crippen LogP contribution is 2.15. The molecule has 0 atom stereocenters. The molecule has 0 saturated heterocycles. The van der Waals surface area contributed by atoms with Crippen LogP contribution in [0, 0.1) is 6.92 Å². The van der Waals surface area contributed by atoms with E-state index in [1.807, 2.05) is 24.0 Å². The fraction of sp³-hybridized carbons (Fsp3) is 0.500. The van der Waals surface area contributed by atoms with E-state index in [-0.39, 0.29) is 5.56 Å². The Morgan fingerprint density at radius 2 is 2.10 bits per heavy atom. The van der Waals surface area contributed by atoms with Gasteiger partial charge >= 0.3 is 0 Å². The first-order valence-corrected chi connectivity index (χ1v) is 7.89. The van der Waals surface area contributed by atoms with E-state index >= 15 is 0 Å². The minimum Gasteiger partial charge on any atom is -0.381 e. The van der Waals surface area contributed by atoms with Gasteiger partial charge in [0.1, 0.15) is 4.47 Å². The molecule has 6 nitrogen and oxygen atoms in total. The van der Waals surface area contributed by atoms with Crippen molar-refractivity contribution >= 4 is 21.6 Å². The molecule has 0 unspecified atom stereocenters. The van der Waals surface area contributed by atoms with Crippen LogP contribution in [-0.2, 0) is 13.1 Å². The van der Waals surface area contributed by atoms with Gasteiger partial charge in [-0.2, -0.15) is 10.2 Å². The molecule has 2 aromatic rings. The van der Waals surface area contributed by atoms with E-state index in [1.54, 1.807) is 6.20 Å². The van der Waals surface area contributed by atoms with Gasteiger partial charge in [0.25, 0.3) is 5.56 Å². The molecule has 114 valence electrons. The number of hydrogen-bond donors (Lipinski definition) is 1. The quantitative estimate of drug-likeness (QED) is 0.830. The Bertz CT molecular complexity index is 649. The van der Waals surface area contributed by atoms with Crippen LogP contribution in [0.4, 0.5) is 5.69 Å². The zero-order chi connectivity index (χ0) is 15.2. The first-order chi connectivity index (χ1) is 10.1. The number of hydrogen-bond acceptors (Lipinski definition) is 4. The summed E-state index contributed by atoms with van der Waals surface area (Å²) in [7, 11) is 0. The molecule has 0 aromatic carbocycles. The summed E-state index contributed by atoms with van der Waals surface area (Å²) in [6.07, 6.45) is 7.49. The molecule has 1 N–H and O–H groups in total. The van der Waals surface area contributed by atoms with E-state index in [4.69, 9.17) is 0 Å². The second kappa shape index (κ2) is 7.40. The topological polar surface area (TPSA) is 64.7 Å². The summed E-state index contributed by atoms with van der Waals surface area (Å²) < 4.78 is 3.90. The van der Waals surface area contributed by atoms with E-state index in [0.29, 0.717) is 17.6 Å². The molecular formula is C14H20BrN5O. The molecule has 2 rings (SSSR count). The third-order valence-electron chi connectivity index (χ3n) is 3.13. The van der Waals surface area contributed by atoms with Gasteiger partial charge in [0.15, 0.2) is 0 Å². The number of anilines is 1. The third-order valence-corrected chi connectivity index (χ3v) is 3.89. The molecule has 0 aliphatic rings. The third kappa shape index (κ3) is 4.17. The monoisotopic (exact) mass is 353 g/mol. The summed E-state index contributed by atoms with van der Waals surface area (Å²) in [5, 5.41) is 11.6. The van der Waals surface area contributed by atoms with Crippen molar-refractivity contribution in [2.24, 2.45) is 0 Å². The fourth-order valence-electron chi connectivity index (χ4n) is 1.95. The van der Waals surface area contributed by atoms with E-state index < -0.39 is 0 Å². The normalized spacial score (nSPS) is 10.8. The molecule has 21 heavy (non-hydrogen) atoms. The zero-order valence-electron chi connectivity index (χ0n) is 12.3. The fourth-order valence-corrected chi connectivity index (χ4v) is 2.40. The summed E-state index contributed by atoms with van der Waals surface area (Å²) in [4.78, 5) is 12.1. The number of aryl methyl sites for hydroxylation is 2. The Labute approximate surface area is 132 Å². The summed E-state index contributed by atoms with van der Waals surface area (Å²) in [5.74, 6) is 0. The van der Waals surface area contributed by atoms with Crippen molar-refractivity contribution < 1.29 is 0 Å². The van der Waals surface area contributed by atoms with Gasteiger partial charge in [0.2, 0.25) is 0 Å². The number of nitrogens with zero attached hydrogens (tertiary/aromatic N) is 4. The van der Waals surface area contributed by atoms with Crippen LogP contribution < -0.4 is 10.9 Å². The van der Waals surface area contributed by atoms with Gasteiger partial charge in [0.05, 0.1) is 24.6 Å². The Morgan fingerprint density at radius 3 is 2.76 bits per heavy atom. The van der Waals surface area contributed by atoms with Gasteiger partial charge < -0.3 is 5.32 Å². The maximum Gasteiger partial charge on any atom is 0.283 e. The van der Waals surface area contributed by atoms with Crippen LogP contribution in [0.25, 0.3) is 0 Å². The second-order valence-electron chi connectivity index (χ2n) is 4.96. The van der Waals surface area contributed by atoms with Gasteiger partial charge in [-0.05, 0) is 34.8 Å². The largest absolute Gasteiger partial charge is 0.381 e. The molecule has 0 saturated carbocycles. The predicted octanol–water partition coefficient (Wildman–Crippen LogP) is 2.42. The molecule has 2 aromatic heterocycles. The van der Waals surface area contributed by atoms with E-state index in [1.165, 1.54) is 4.68 Å². The summed E-state index contributed by atoms with van der Waals surface area (Å²) in [5.41, 5.74) is 1.76. The van der Waals surface area contributed by atoms with Gasteiger partial charge in [-0.1, -0.05) is 13.3 Å². The van der Waals surface area contributed by atoms with Gasteiger partial charge in [0, 0.05) is 19.3 Å². The number of nitrogens with one attached hydrogen (secondary N) is 1. The van der Waals surface area contributed by atoms with Crippen LogP contribution in [0.1, 0.15) is 25.3 Å². The van der Waals surface area contributed by atoms with Crippen LogP contribution in [0.15, 0.2) is 27.9 Å². The van der Waals surface area contributed by atoms with E-state index in [2.05, 4.69) is 38.4 Å². The molecule has 0 aliphatic carbocycles. The highest BCUT2D eigenvalue weighted by molar-refractivity contribution is 9.10. The Hall–Kier alpha value is -1.63. The summed E-state index contributed by atoms with van der Waals surface area (Å²) >= 11 is 3.36. The lowest BCUT2D eigenvalue weighted by molar-refractivity contribution is 0.541. The van der Waals surface area contributed by atoms with E-state index in [9.17, 15) is 4.79 Å². The molecule has 7 heteroatoms. The van der Waals surface area contributed by atoms with Crippen molar-refractivity contribution in [3.8, 4) is 0 Å². The summed E-state index contributed by atoms with van der Waals surface area (Å²) in [6.45, 7) is 6.17. The highest BCUT2D eigenvalue weighted by atomic mass is 79.9. The average molecular weight is 354 g/mol. The standard InChI is InChI=1S/C14H20BrN5O/c1-3-4-6-20-14(21)13(15)12(9-18-20)16-5-7-19-10-11(2)8-17-19/h8-10,16H,3-7H2,1-2H3. The smallest absolute Gasteiger partial charge is 0.283 e. The lowest BCUT2D eigenvalue weighted by atomic mass is 10.3. The molecule has 0 spiro atoms. The minimum atomic E-state index is -0.0941. The number of halogens is 1. The van der Waals surface area contributed by atoms with Crippen molar-refractivity contribution in [1.82, 2.24) is 19.6 Å². The van der Waals surface area contributed by atoms with Crippen molar-refractivity contribution in [2.45, 2.75) is 39.8 Å².